The summed E-state index contributed by atoms with van der Waals surface area (Å²) in [5.41, 5.74) is 2.69. The molecule has 0 bridgehead atoms. The third kappa shape index (κ3) is 5.16. The van der Waals surface area contributed by atoms with Crippen LogP contribution in [-0.4, -0.2) is 24.5 Å². The number of nitrogens with one attached hydrogen (secondary N) is 1. The number of benzene rings is 1. The lowest BCUT2D eigenvalue weighted by Gasteiger charge is -2.30. The summed E-state index contributed by atoms with van der Waals surface area (Å²) in [5, 5.41) is 3.50. The highest BCUT2D eigenvalue weighted by molar-refractivity contribution is 5.44. The van der Waals surface area contributed by atoms with E-state index in [-0.39, 0.29) is 0 Å². The van der Waals surface area contributed by atoms with Crippen LogP contribution in [0.15, 0.2) is 24.3 Å². The topological polar surface area (TPSA) is 15.3 Å². The number of nitrogens with zero attached hydrogens (tertiary/aromatic N) is 1. The number of likely N-dealkylation sites (tertiary alicyclic amines) is 1. The molecule has 2 nitrogen and oxygen atoms in total. The fraction of sp³-hybridized carbons (Fsp3) is 0.667. The van der Waals surface area contributed by atoms with Crippen molar-refractivity contribution in [3.8, 4) is 0 Å². The average Bonchev–Trinajstić information content (AvgIpc) is 2.40. The van der Waals surface area contributed by atoms with Crippen molar-refractivity contribution in [2.75, 3.05) is 25.0 Å². The molecule has 2 heteroatoms. The maximum Gasteiger partial charge on any atom is 0.0340 e. The fourth-order valence-corrected chi connectivity index (χ4v) is 2.92. The van der Waals surface area contributed by atoms with Crippen molar-refractivity contribution in [3.05, 3.63) is 29.8 Å². The SMILES string of the molecule is CC(C)CCNc1ccc(CN2CCCC(C)C2)cc1. The number of hydrogen-bond acceptors (Lipinski definition) is 2. The maximum absolute atomic E-state index is 3.50. The first kappa shape index (κ1) is 15.4. The van der Waals surface area contributed by atoms with Gasteiger partial charge in [0.2, 0.25) is 0 Å². The normalized spacial score (nSPS) is 20.3. The molecule has 1 aromatic carbocycles. The maximum atomic E-state index is 3.50. The van der Waals surface area contributed by atoms with Gasteiger partial charge in [0.25, 0.3) is 0 Å². The lowest BCUT2D eigenvalue weighted by atomic mass is 10.00. The van der Waals surface area contributed by atoms with Crippen LogP contribution in [0.25, 0.3) is 0 Å². The van der Waals surface area contributed by atoms with Crippen molar-refractivity contribution in [1.29, 1.82) is 0 Å². The highest BCUT2D eigenvalue weighted by Gasteiger charge is 2.15. The van der Waals surface area contributed by atoms with Gasteiger partial charge in [-0.05, 0) is 55.3 Å². The van der Waals surface area contributed by atoms with E-state index in [0.717, 1.165) is 24.9 Å². The Kier molecular flexibility index (Phi) is 5.90. The molecule has 1 unspecified atom stereocenters. The molecule has 0 spiro atoms. The Labute approximate surface area is 124 Å². The third-order valence-electron chi connectivity index (χ3n) is 4.15. The van der Waals surface area contributed by atoms with Gasteiger partial charge in [-0.25, -0.2) is 0 Å². The van der Waals surface area contributed by atoms with Crippen molar-refractivity contribution in [2.24, 2.45) is 11.8 Å². The van der Waals surface area contributed by atoms with Gasteiger partial charge in [0.05, 0.1) is 0 Å². The zero-order valence-corrected chi connectivity index (χ0v) is 13.4. The van der Waals surface area contributed by atoms with Crippen LogP contribution in [0.4, 0.5) is 5.69 Å². The minimum absolute atomic E-state index is 0.767. The van der Waals surface area contributed by atoms with Gasteiger partial charge in [-0.3, -0.25) is 4.90 Å². The van der Waals surface area contributed by atoms with E-state index in [1.807, 2.05) is 0 Å². The molecule has 0 amide bonds. The van der Waals surface area contributed by atoms with Gasteiger partial charge in [0.15, 0.2) is 0 Å². The van der Waals surface area contributed by atoms with E-state index in [9.17, 15) is 0 Å². The van der Waals surface area contributed by atoms with Gasteiger partial charge in [-0.2, -0.15) is 0 Å². The van der Waals surface area contributed by atoms with Crippen LogP contribution in [0.1, 0.15) is 45.6 Å². The summed E-state index contributed by atoms with van der Waals surface area (Å²) in [6.45, 7) is 11.6. The standard InChI is InChI=1S/C18H30N2/c1-15(2)10-11-19-18-8-6-17(7-9-18)14-20-12-4-5-16(3)13-20/h6-9,15-16,19H,4-5,10-14H2,1-3H3. The smallest absolute Gasteiger partial charge is 0.0340 e. The van der Waals surface area contributed by atoms with Crippen LogP contribution >= 0.6 is 0 Å². The molecule has 1 aromatic rings. The molecule has 0 aromatic heterocycles. The zero-order chi connectivity index (χ0) is 14.4. The van der Waals surface area contributed by atoms with E-state index in [0.29, 0.717) is 0 Å². The van der Waals surface area contributed by atoms with Crippen molar-refractivity contribution in [3.63, 3.8) is 0 Å². The van der Waals surface area contributed by atoms with Gasteiger partial charge in [0.1, 0.15) is 0 Å². The van der Waals surface area contributed by atoms with Gasteiger partial charge >= 0.3 is 0 Å². The monoisotopic (exact) mass is 274 g/mol. The largest absolute Gasteiger partial charge is 0.385 e. The van der Waals surface area contributed by atoms with Crippen molar-refractivity contribution >= 4 is 5.69 Å². The molecule has 20 heavy (non-hydrogen) atoms. The van der Waals surface area contributed by atoms with Crippen LogP contribution in [0.3, 0.4) is 0 Å². The Balaban J connectivity index is 1.79. The Morgan fingerprint density at radius 1 is 1.25 bits per heavy atom. The van der Waals surface area contributed by atoms with Gasteiger partial charge < -0.3 is 5.32 Å². The molecule has 1 aliphatic rings. The van der Waals surface area contributed by atoms with Crippen molar-refractivity contribution in [1.82, 2.24) is 4.90 Å². The summed E-state index contributed by atoms with van der Waals surface area (Å²) < 4.78 is 0. The van der Waals surface area contributed by atoms with Crippen LogP contribution in [0, 0.1) is 11.8 Å². The predicted octanol–water partition coefficient (Wildman–Crippen LogP) is 4.38. The van der Waals surface area contributed by atoms with Crippen molar-refractivity contribution < 1.29 is 0 Å². The minimum atomic E-state index is 0.767. The molecule has 1 aliphatic heterocycles. The first-order chi connectivity index (χ1) is 9.63. The first-order valence-electron chi connectivity index (χ1n) is 8.18. The molecule has 0 saturated carbocycles. The molecule has 0 radical (unpaired) electrons. The summed E-state index contributed by atoms with van der Waals surface area (Å²) in [6.07, 6.45) is 3.98. The van der Waals surface area contributed by atoms with Gasteiger partial charge in [-0.1, -0.05) is 32.9 Å². The quantitative estimate of drug-likeness (QED) is 0.828. The second-order valence-electron chi connectivity index (χ2n) is 6.79. The van der Waals surface area contributed by atoms with E-state index in [4.69, 9.17) is 0 Å². The molecule has 1 saturated heterocycles. The second kappa shape index (κ2) is 7.68. The molecule has 1 fully saturated rings. The highest BCUT2D eigenvalue weighted by Crippen LogP contribution is 2.18. The fourth-order valence-electron chi connectivity index (χ4n) is 2.92. The van der Waals surface area contributed by atoms with Crippen molar-refractivity contribution in [2.45, 2.75) is 46.6 Å². The Morgan fingerprint density at radius 3 is 2.65 bits per heavy atom. The number of anilines is 1. The average molecular weight is 274 g/mol. The van der Waals surface area contributed by atoms with E-state index >= 15 is 0 Å². The minimum Gasteiger partial charge on any atom is -0.385 e. The lowest BCUT2D eigenvalue weighted by molar-refractivity contribution is 0.176. The summed E-state index contributed by atoms with van der Waals surface area (Å²) >= 11 is 0. The molecule has 0 aliphatic carbocycles. The Bertz CT molecular complexity index is 383. The number of rotatable bonds is 6. The molecule has 1 heterocycles. The summed E-state index contributed by atoms with van der Waals surface area (Å²) in [7, 11) is 0. The molecular formula is C18H30N2. The third-order valence-corrected chi connectivity index (χ3v) is 4.15. The zero-order valence-electron chi connectivity index (χ0n) is 13.4. The second-order valence-corrected chi connectivity index (χ2v) is 6.79. The van der Waals surface area contributed by atoms with E-state index in [1.165, 1.54) is 43.6 Å². The first-order valence-corrected chi connectivity index (χ1v) is 8.18. The van der Waals surface area contributed by atoms with E-state index < -0.39 is 0 Å². The Hall–Kier alpha value is -1.02. The Morgan fingerprint density at radius 2 is 2.00 bits per heavy atom. The lowest BCUT2D eigenvalue weighted by Crippen LogP contribution is -2.33. The van der Waals surface area contributed by atoms with Crippen LogP contribution in [0.5, 0.6) is 0 Å². The van der Waals surface area contributed by atoms with E-state index in [1.54, 1.807) is 0 Å². The highest BCUT2D eigenvalue weighted by atomic mass is 15.1. The summed E-state index contributed by atoms with van der Waals surface area (Å²) in [5.74, 6) is 1.63. The number of hydrogen-bond donors (Lipinski definition) is 1. The van der Waals surface area contributed by atoms with E-state index in [2.05, 4.69) is 55.3 Å². The molecule has 1 N–H and O–H groups in total. The molecular weight excluding hydrogens is 244 g/mol. The van der Waals surface area contributed by atoms with Gasteiger partial charge in [0, 0.05) is 25.3 Å². The molecule has 112 valence electrons. The number of piperidine rings is 1. The molecule has 1 atom stereocenters. The van der Waals surface area contributed by atoms with Crippen LogP contribution in [-0.2, 0) is 6.54 Å². The summed E-state index contributed by atoms with van der Waals surface area (Å²) in [6, 6.07) is 9.00. The van der Waals surface area contributed by atoms with Gasteiger partial charge in [-0.15, -0.1) is 0 Å². The predicted molar refractivity (Wildman–Crippen MR) is 88.1 cm³/mol. The van der Waals surface area contributed by atoms with Crippen LogP contribution in [0.2, 0.25) is 0 Å². The van der Waals surface area contributed by atoms with Crippen LogP contribution < -0.4 is 5.32 Å². The molecule has 2 rings (SSSR count). The summed E-state index contributed by atoms with van der Waals surface area (Å²) in [4.78, 5) is 2.59.